The number of halogens is 1. The molecule has 0 saturated carbocycles. The lowest BCUT2D eigenvalue weighted by Gasteiger charge is -2.10. The molecule has 0 fully saturated rings. The Balaban J connectivity index is 2.02. The Bertz CT molecular complexity index is 816. The number of amides is 1. The number of anilines is 1. The molecule has 0 aliphatic carbocycles. The van der Waals surface area contributed by atoms with E-state index in [1.54, 1.807) is 12.1 Å². The summed E-state index contributed by atoms with van der Waals surface area (Å²) >= 11 is 0. The molecule has 134 valence electrons. The second-order valence-electron chi connectivity index (χ2n) is 6.08. The predicted octanol–water partition coefficient (Wildman–Crippen LogP) is 3.40. The van der Waals surface area contributed by atoms with Crippen LogP contribution in [0.2, 0.25) is 0 Å². The first kappa shape index (κ1) is 18.9. The number of sulfonamides is 1. The maximum atomic E-state index is 12.9. The first-order valence-electron chi connectivity index (χ1n) is 7.94. The van der Waals surface area contributed by atoms with Crippen LogP contribution in [0.5, 0.6) is 0 Å². The van der Waals surface area contributed by atoms with Gasteiger partial charge in [0.15, 0.2) is 0 Å². The molecule has 0 atom stereocenters. The highest BCUT2D eigenvalue weighted by atomic mass is 32.2. The van der Waals surface area contributed by atoms with E-state index in [0.29, 0.717) is 23.7 Å². The summed E-state index contributed by atoms with van der Waals surface area (Å²) in [7, 11) is -3.80. The molecular formula is C18H21FN2O3S. The van der Waals surface area contributed by atoms with Crippen molar-refractivity contribution in [3.8, 4) is 0 Å². The molecule has 2 aromatic carbocycles. The van der Waals surface area contributed by atoms with Crippen molar-refractivity contribution >= 4 is 21.6 Å². The smallest absolute Gasteiger partial charge is 0.261 e. The number of carbonyl (C=O) groups excluding carboxylic acids is 1. The third-order valence-corrected chi connectivity index (χ3v) is 4.93. The third-order valence-electron chi connectivity index (χ3n) is 3.53. The Morgan fingerprint density at radius 2 is 1.64 bits per heavy atom. The van der Waals surface area contributed by atoms with Crippen LogP contribution >= 0.6 is 0 Å². The number of benzene rings is 2. The third kappa shape index (κ3) is 5.56. The van der Waals surface area contributed by atoms with Crippen LogP contribution in [0.15, 0.2) is 53.4 Å². The molecule has 0 saturated heterocycles. The van der Waals surface area contributed by atoms with Crippen molar-refractivity contribution in [2.45, 2.75) is 25.2 Å². The summed E-state index contributed by atoms with van der Waals surface area (Å²) in [5.41, 5.74) is 0.775. The van der Waals surface area contributed by atoms with Crippen LogP contribution in [0.3, 0.4) is 0 Å². The minimum absolute atomic E-state index is 0.0376. The number of hydrogen-bond acceptors (Lipinski definition) is 3. The molecule has 0 aliphatic rings. The van der Waals surface area contributed by atoms with E-state index in [0.717, 1.165) is 18.6 Å². The monoisotopic (exact) mass is 364 g/mol. The zero-order valence-corrected chi connectivity index (χ0v) is 14.9. The van der Waals surface area contributed by atoms with Crippen LogP contribution in [0.1, 0.15) is 30.6 Å². The summed E-state index contributed by atoms with van der Waals surface area (Å²) in [6.07, 6.45) is 0.890. The topological polar surface area (TPSA) is 75.3 Å². The van der Waals surface area contributed by atoms with Crippen LogP contribution in [0.4, 0.5) is 10.1 Å². The number of rotatable bonds is 7. The van der Waals surface area contributed by atoms with Gasteiger partial charge in [-0.05, 0) is 60.9 Å². The van der Waals surface area contributed by atoms with Gasteiger partial charge in [0, 0.05) is 17.8 Å². The highest BCUT2D eigenvalue weighted by molar-refractivity contribution is 7.92. The lowest BCUT2D eigenvalue weighted by molar-refractivity contribution is 0.0952. The van der Waals surface area contributed by atoms with E-state index >= 15 is 0 Å². The minimum atomic E-state index is -3.80. The standard InChI is InChI=1S/C18H21FN2O3S/c1-13(2)11-12-20-18(22)14-3-7-16(8-4-14)21-25(23,24)17-9-5-15(19)6-10-17/h3-10,13,21H,11-12H2,1-2H3,(H,20,22). The maximum Gasteiger partial charge on any atom is 0.261 e. The Labute approximate surface area is 147 Å². The van der Waals surface area contributed by atoms with Crippen molar-refractivity contribution in [1.29, 1.82) is 0 Å². The molecule has 1 amide bonds. The number of hydrogen-bond donors (Lipinski definition) is 2. The quantitative estimate of drug-likeness (QED) is 0.791. The molecular weight excluding hydrogens is 343 g/mol. The van der Waals surface area contributed by atoms with E-state index in [4.69, 9.17) is 0 Å². The van der Waals surface area contributed by atoms with Crippen LogP contribution in [-0.2, 0) is 10.0 Å². The summed E-state index contributed by atoms with van der Waals surface area (Å²) < 4.78 is 39.7. The highest BCUT2D eigenvalue weighted by Crippen LogP contribution is 2.17. The Hall–Kier alpha value is -2.41. The van der Waals surface area contributed by atoms with Crippen molar-refractivity contribution in [2.75, 3.05) is 11.3 Å². The average Bonchev–Trinajstić information content (AvgIpc) is 2.55. The van der Waals surface area contributed by atoms with Crippen molar-refractivity contribution < 1.29 is 17.6 Å². The van der Waals surface area contributed by atoms with E-state index in [9.17, 15) is 17.6 Å². The van der Waals surface area contributed by atoms with E-state index in [1.165, 1.54) is 24.3 Å². The van der Waals surface area contributed by atoms with Gasteiger partial charge >= 0.3 is 0 Å². The van der Waals surface area contributed by atoms with E-state index in [1.807, 2.05) is 0 Å². The van der Waals surface area contributed by atoms with Crippen LogP contribution in [-0.4, -0.2) is 20.9 Å². The second kappa shape index (κ2) is 8.11. The first-order chi connectivity index (χ1) is 11.8. The summed E-state index contributed by atoms with van der Waals surface area (Å²) in [6, 6.07) is 10.7. The van der Waals surface area contributed by atoms with Crippen LogP contribution in [0, 0.1) is 11.7 Å². The van der Waals surface area contributed by atoms with E-state index < -0.39 is 15.8 Å². The Morgan fingerprint density at radius 3 is 2.20 bits per heavy atom. The van der Waals surface area contributed by atoms with Gasteiger partial charge in [-0.3, -0.25) is 9.52 Å². The molecule has 2 aromatic rings. The molecule has 2 N–H and O–H groups in total. The van der Waals surface area contributed by atoms with Crippen molar-refractivity contribution in [3.05, 3.63) is 59.9 Å². The largest absolute Gasteiger partial charge is 0.352 e. The van der Waals surface area contributed by atoms with Gasteiger partial charge in [-0.1, -0.05) is 13.8 Å². The fraction of sp³-hybridized carbons (Fsp3) is 0.278. The Morgan fingerprint density at radius 1 is 1.04 bits per heavy atom. The van der Waals surface area contributed by atoms with Gasteiger partial charge in [-0.15, -0.1) is 0 Å². The molecule has 2 rings (SSSR count). The summed E-state index contributed by atoms with van der Waals surface area (Å²) in [5, 5.41) is 2.82. The molecule has 0 bridgehead atoms. The second-order valence-corrected chi connectivity index (χ2v) is 7.76. The summed E-state index contributed by atoms with van der Waals surface area (Å²) in [4.78, 5) is 12.0. The molecule has 7 heteroatoms. The number of carbonyl (C=O) groups is 1. The van der Waals surface area contributed by atoms with Crippen molar-refractivity contribution in [2.24, 2.45) is 5.92 Å². The molecule has 0 aromatic heterocycles. The van der Waals surface area contributed by atoms with E-state index in [-0.39, 0.29) is 10.8 Å². The molecule has 0 radical (unpaired) electrons. The molecule has 0 unspecified atom stereocenters. The highest BCUT2D eigenvalue weighted by Gasteiger charge is 2.14. The minimum Gasteiger partial charge on any atom is -0.352 e. The van der Waals surface area contributed by atoms with Gasteiger partial charge in [0.1, 0.15) is 5.82 Å². The molecule has 0 heterocycles. The normalized spacial score (nSPS) is 11.4. The zero-order chi connectivity index (χ0) is 18.4. The van der Waals surface area contributed by atoms with Gasteiger partial charge < -0.3 is 5.32 Å². The average molecular weight is 364 g/mol. The fourth-order valence-corrected chi connectivity index (χ4v) is 3.15. The SMILES string of the molecule is CC(C)CCNC(=O)c1ccc(NS(=O)(=O)c2ccc(F)cc2)cc1. The fourth-order valence-electron chi connectivity index (χ4n) is 2.09. The molecule has 0 aliphatic heterocycles. The summed E-state index contributed by atoms with van der Waals surface area (Å²) in [6.45, 7) is 4.75. The van der Waals surface area contributed by atoms with Crippen molar-refractivity contribution in [1.82, 2.24) is 5.32 Å². The van der Waals surface area contributed by atoms with Gasteiger partial charge in [-0.25, -0.2) is 12.8 Å². The van der Waals surface area contributed by atoms with E-state index in [2.05, 4.69) is 23.9 Å². The van der Waals surface area contributed by atoms with Gasteiger partial charge in [0.25, 0.3) is 15.9 Å². The van der Waals surface area contributed by atoms with Crippen LogP contribution in [0.25, 0.3) is 0 Å². The zero-order valence-electron chi connectivity index (χ0n) is 14.1. The van der Waals surface area contributed by atoms with Crippen LogP contribution < -0.4 is 10.0 Å². The lowest BCUT2D eigenvalue weighted by atomic mass is 10.1. The van der Waals surface area contributed by atoms with Gasteiger partial charge in [0.2, 0.25) is 0 Å². The molecule has 0 spiro atoms. The van der Waals surface area contributed by atoms with Crippen molar-refractivity contribution in [3.63, 3.8) is 0 Å². The maximum absolute atomic E-state index is 12.9. The Kier molecular flexibility index (Phi) is 6.14. The number of nitrogens with one attached hydrogen (secondary N) is 2. The first-order valence-corrected chi connectivity index (χ1v) is 9.43. The molecule has 5 nitrogen and oxygen atoms in total. The molecule has 25 heavy (non-hydrogen) atoms. The van der Waals surface area contributed by atoms with Gasteiger partial charge in [-0.2, -0.15) is 0 Å². The van der Waals surface area contributed by atoms with Gasteiger partial charge in [0.05, 0.1) is 4.90 Å². The predicted molar refractivity (Wildman–Crippen MR) is 95.4 cm³/mol. The lowest BCUT2D eigenvalue weighted by Crippen LogP contribution is -2.25. The summed E-state index contributed by atoms with van der Waals surface area (Å²) in [5.74, 6) is -0.205.